The number of hydrogen-bond donors (Lipinski definition) is 2. The first kappa shape index (κ1) is 6.46. The number of hydrogen-bond acceptors (Lipinski definition) is 1. The molecule has 58 valence electrons. The van der Waals surface area contributed by atoms with Crippen LogP contribution in [0.2, 0.25) is 0 Å². The Morgan fingerprint density at radius 3 is 3.00 bits per heavy atom. The van der Waals surface area contributed by atoms with Crippen molar-refractivity contribution < 1.29 is 0 Å². The van der Waals surface area contributed by atoms with Crippen LogP contribution in [-0.2, 0) is 0 Å². The van der Waals surface area contributed by atoms with Crippen molar-refractivity contribution in [2.24, 2.45) is 10.7 Å². The van der Waals surface area contributed by atoms with Crippen molar-refractivity contribution in [3.63, 3.8) is 0 Å². The van der Waals surface area contributed by atoms with E-state index in [1.165, 1.54) is 12.8 Å². The van der Waals surface area contributed by atoms with Gasteiger partial charge in [-0.1, -0.05) is 0 Å². The van der Waals surface area contributed by atoms with Crippen LogP contribution < -0.4 is 5.73 Å². The number of aromatic amines is 1. The Labute approximate surface area is 65.3 Å². The number of amidine groups is 1. The molecule has 1 saturated carbocycles. The molecule has 1 heterocycles. The predicted molar refractivity (Wildman–Crippen MR) is 44.5 cm³/mol. The van der Waals surface area contributed by atoms with Gasteiger partial charge in [-0.15, -0.1) is 0 Å². The molecule has 0 aromatic carbocycles. The van der Waals surface area contributed by atoms with Crippen molar-refractivity contribution in [2.75, 3.05) is 0 Å². The summed E-state index contributed by atoms with van der Waals surface area (Å²) in [5.74, 6) is 0.637. The van der Waals surface area contributed by atoms with Gasteiger partial charge in [0.05, 0.1) is 11.7 Å². The number of aliphatic imine (C=N–C) groups is 1. The number of nitrogens with one attached hydrogen (secondary N) is 1. The molecule has 1 aromatic rings. The first-order chi connectivity index (χ1) is 5.36. The largest absolute Gasteiger partial charge is 0.382 e. The van der Waals surface area contributed by atoms with Crippen LogP contribution >= 0.6 is 0 Å². The maximum Gasteiger partial charge on any atom is 0.142 e. The minimum atomic E-state index is 0.498. The van der Waals surface area contributed by atoms with Gasteiger partial charge in [-0.2, -0.15) is 0 Å². The van der Waals surface area contributed by atoms with Gasteiger partial charge in [-0.05, 0) is 25.0 Å². The first-order valence-corrected chi connectivity index (χ1v) is 3.83. The van der Waals surface area contributed by atoms with Crippen molar-refractivity contribution in [1.82, 2.24) is 4.98 Å². The van der Waals surface area contributed by atoms with Crippen molar-refractivity contribution in [2.45, 2.75) is 18.9 Å². The van der Waals surface area contributed by atoms with E-state index in [4.69, 9.17) is 5.73 Å². The zero-order valence-electron chi connectivity index (χ0n) is 6.25. The van der Waals surface area contributed by atoms with Gasteiger partial charge in [-0.25, -0.2) is 0 Å². The summed E-state index contributed by atoms with van der Waals surface area (Å²) in [6.07, 6.45) is 4.24. The maximum absolute atomic E-state index is 5.70. The molecule has 0 spiro atoms. The SMILES string of the molecule is NC(=NC1CC1)c1ccc[nH]1. The summed E-state index contributed by atoms with van der Waals surface area (Å²) < 4.78 is 0. The fourth-order valence-electron chi connectivity index (χ4n) is 0.960. The monoisotopic (exact) mass is 149 g/mol. The topological polar surface area (TPSA) is 54.2 Å². The third kappa shape index (κ3) is 1.42. The molecule has 0 aliphatic heterocycles. The molecule has 1 aromatic heterocycles. The third-order valence-corrected chi connectivity index (χ3v) is 1.74. The Kier molecular flexibility index (Phi) is 1.42. The van der Waals surface area contributed by atoms with Crippen molar-refractivity contribution in [3.8, 4) is 0 Å². The average molecular weight is 149 g/mol. The van der Waals surface area contributed by atoms with Gasteiger partial charge in [-0.3, -0.25) is 4.99 Å². The van der Waals surface area contributed by atoms with Crippen molar-refractivity contribution >= 4 is 5.84 Å². The fraction of sp³-hybridized carbons (Fsp3) is 0.375. The molecular weight excluding hydrogens is 138 g/mol. The quantitative estimate of drug-likeness (QED) is 0.476. The van der Waals surface area contributed by atoms with Crippen LogP contribution in [0.5, 0.6) is 0 Å². The Bertz CT molecular complexity index is 257. The smallest absolute Gasteiger partial charge is 0.142 e. The van der Waals surface area contributed by atoms with Gasteiger partial charge in [0.1, 0.15) is 5.84 Å². The Morgan fingerprint density at radius 2 is 2.45 bits per heavy atom. The van der Waals surface area contributed by atoms with Crippen molar-refractivity contribution in [1.29, 1.82) is 0 Å². The van der Waals surface area contributed by atoms with Gasteiger partial charge < -0.3 is 10.7 Å². The van der Waals surface area contributed by atoms with E-state index in [9.17, 15) is 0 Å². The number of nitrogens with two attached hydrogens (primary N) is 1. The van der Waals surface area contributed by atoms with Gasteiger partial charge in [0.2, 0.25) is 0 Å². The van der Waals surface area contributed by atoms with E-state index in [0.717, 1.165) is 5.69 Å². The summed E-state index contributed by atoms with van der Waals surface area (Å²) in [5.41, 5.74) is 6.63. The highest BCUT2D eigenvalue weighted by atomic mass is 14.9. The highest BCUT2D eigenvalue weighted by Crippen LogP contribution is 2.23. The predicted octanol–water partition coefficient (Wildman–Crippen LogP) is 0.882. The fourth-order valence-corrected chi connectivity index (χ4v) is 0.960. The maximum atomic E-state index is 5.70. The Hall–Kier alpha value is -1.25. The molecule has 3 nitrogen and oxygen atoms in total. The van der Waals surface area contributed by atoms with Gasteiger partial charge in [0.25, 0.3) is 0 Å². The van der Waals surface area contributed by atoms with Crippen LogP contribution in [0.1, 0.15) is 18.5 Å². The summed E-state index contributed by atoms with van der Waals surface area (Å²) in [4.78, 5) is 7.31. The number of H-pyrrole nitrogens is 1. The molecule has 1 aliphatic rings. The van der Waals surface area contributed by atoms with E-state index in [-0.39, 0.29) is 0 Å². The highest BCUT2D eigenvalue weighted by molar-refractivity contribution is 5.95. The van der Waals surface area contributed by atoms with Gasteiger partial charge in [0.15, 0.2) is 0 Å². The van der Waals surface area contributed by atoms with Crippen LogP contribution in [0.3, 0.4) is 0 Å². The second-order valence-electron chi connectivity index (χ2n) is 2.83. The van der Waals surface area contributed by atoms with E-state index < -0.39 is 0 Å². The number of aromatic nitrogens is 1. The molecular formula is C8H11N3. The lowest BCUT2D eigenvalue weighted by Crippen LogP contribution is -2.14. The summed E-state index contributed by atoms with van der Waals surface area (Å²) in [6, 6.07) is 4.35. The van der Waals surface area contributed by atoms with E-state index in [1.807, 2.05) is 18.3 Å². The van der Waals surface area contributed by atoms with E-state index >= 15 is 0 Å². The van der Waals surface area contributed by atoms with Crippen LogP contribution in [0.15, 0.2) is 23.3 Å². The second kappa shape index (κ2) is 2.42. The molecule has 1 fully saturated rings. The molecule has 0 amide bonds. The minimum Gasteiger partial charge on any atom is -0.382 e. The molecule has 3 N–H and O–H groups in total. The van der Waals surface area contributed by atoms with Gasteiger partial charge in [0, 0.05) is 6.20 Å². The zero-order valence-corrected chi connectivity index (χ0v) is 6.25. The van der Waals surface area contributed by atoms with Crippen LogP contribution in [0.25, 0.3) is 0 Å². The highest BCUT2D eigenvalue weighted by Gasteiger charge is 2.20. The van der Waals surface area contributed by atoms with Crippen LogP contribution in [0.4, 0.5) is 0 Å². The van der Waals surface area contributed by atoms with Crippen LogP contribution in [0, 0.1) is 0 Å². The summed E-state index contributed by atoms with van der Waals surface area (Å²) >= 11 is 0. The first-order valence-electron chi connectivity index (χ1n) is 3.83. The molecule has 1 aliphatic carbocycles. The molecule has 3 heteroatoms. The lowest BCUT2D eigenvalue weighted by Gasteiger charge is -1.94. The molecule has 0 bridgehead atoms. The molecule has 0 radical (unpaired) electrons. The van der Waals surface area contributed by atoms with E-state index in [2.05, 4.69) is 9.98 Å². The minimum absolute atomic E-state index is 0.498. The number of rotatable bonds is 2. The average Bonchev–Trinajstić information content (AvgIpc) is 2.67. The summed E-state index contributed by atoms with van der Waals surface area (Å²) in [7, 11) is 0. The molecule has 0 atom stereocenters. The molecule has 11 heavy (non-hydrogen) atoms. The molecule has 0 saturated heterocycles. The summed E-state index contributed by atoms with van der Waals surface area (Å²) in [5, 5.41) is 0. The number of nitrogens with zero attached hydrogens (tertiary/aromatic N) is 1. The van der Waals surface area contributed by atoms with Crippen LogP contribution in [-0.4, -0.2) is 16.9 Å². The van der Waals surface area contributed by atoms with E-state index in [0.29, 0.717) is 11.9 Å². The third-order valence-electron chi connectivity index (χ3n) is 1.74. The molecule has 0 unspecified atom stereocenters. The van der Waals surface area contributed by atoms with E-state index in [1.54, 1.807) is 0 Å². The Balaban J connectivity index is 2.15. The Morgan fingerprint density at radius 1 is 1.64 bits per heavy atom. The summed E-state index contributed by atoms with van der Waals surface area (Å²) in [6.45, 7) is 0. The standard InChI is InChI=1S/C8H11N3/c9-8(11-6-3-4-6)7-2-1-5-10-7/h1-2,5-6,10H,3-4H2,(H2,9,11). The normalized spacial score (nSPS) is 18.7. The van der Waals surface area contributed by atoms with Crippen molar-refractivity contribution in [3.05, 3.63) is 24.0 Å². The van der Waals surface area contributed by atoms with Gasteiger partial charge >= 0.3 is 0 Å². The lowest BCUT2D eigenvalue weighted by molar-refractivity contribution is 1.06. The molecule has 2 rings (SSSR count). The zero-order chi connectivity index (χ0) is 7.68. The second-order valence-corrected chi connectivity index (χ2v) is 2.83. The lowest BCUT2D eigenvalue weighted by atomic mass is 10.4.